The second kappa shape index (κ2) is 6.16. The highest BCUT2D eigenvalue weighted by atomic mass is 16.5. The van der Waals surface area contributed by atoms with E-state index >= 15 is 0 Å². The van der Waals surface area contributed by atoms with Crippen molar-refractivity contribution in [3.05, 3.63) is 59.7 Å². The molecule has 3 amide bonds. The first-order chi connectivity index (χ1) is 11.5. The van der Waals surface area contributed by atoms with Gasteiger partial charge in [-0.15, -0.1) is 0 Å². The average molecular weight is 324 g/mol. The van der Waals surface area contributed by atoms with Crippen molar-refractivity contribution in [2.75, 3.05) is 5.73 Å². The van der Waals surface area contributed by atoms with E-state index < -0.39 is 23.8 Å². The van der Waals surface area contributed by atoms with E-state index in [0.29, 0.717) is 17.1 Å². The molecule has 1 atom stereocenters. The molecule has 6 nitrogen and oxygen atoms in total. The van der Waals surface area contributed by atoms with Crippen LogP contribution >= 0.6 is 0 Å². The molecule has 6 heteroatoms. The van der Waals surface area contributed by atoms with E-state index in [0.717, 1.165) is 0 Å². The molecule has 0 bridgehead atoms. The summed E-state index contributed by atoms with van der Waals surface area (Å²) in [6.07, 6.45) is -0.618. The van der Waals surface area contributed by atoms with Crippen LogP contribution in [0.1, 0.15) is 34.1 Å². The molecule has 2 aromatic carbocycles. The molecule has 0 fully saturated rings. The highest BCUT2D eigenvalue weighted by Crippen LogP contribution is 2.28. The van der Waals surface area contributed by atoms with Gasteiger partial charge in [-0.25, -0.2) is 4.90 Å². The Morgan fingerprint density at radius 2 is 1.79 bits per heavy atom. The van der Waals surface area contributed by atoms with E-state index in [1.54, 1.807) is 37.3 Å². The Bertz CT molecular complexity index is 817. The number of carbonyl (C=O) groups is 3. The molecule has 2 aromatic rings. The Labute approximate surface area is 138 Å². The van der Waals surface area contributed by atoms with Gasteiger partial charge in [0, 0.05) is 5.69 Å². The number of nitrogens with two attached hydrogens (primary N) is 1. The molecule has 1 aliphatic heterocycles. The Balaban J connectivity index is 1.88. The fourth-order valence-corrected chi connectivity index (χ4v) is 2.63. The lowest BCUT2D eigenvalue weighted by atomic mass is 10.1. The summed E-state index contributed by atoms with van der Waals surface area (Å²) >= 11 is 0. The summed E-state index contributed by atoms with van der Waals surface area (Å²) in [5, 5.41) is 0. The minimum atomic E-state index is -0.934. The highest BCUT2D eigenvalue weighted by molar-refractivity contribution is 6.31. The number of carbonyl (C=O) groups excluding carboxylic acids is 3. The van der Waals surface area contributed by atoms with Crippen molar-refractivity contribution in [1.29, 1.82) is 0 Å². The number of hydrogen-bond donors (Lipinski definition) is 1. The number of hydrogen-bond acceptors (Lipinski definition) is 5. The first-order valence-corrected chi connectivity index (χ1v) is 7.57. The molecular formula is C18H16N2O4. The molecule has 1 aliphatic rings. The average Bonchev–Trinajstić information content (AvgIpc) is 2.85. The number of imide groups is 3. The van der Waals surface area contributed by atoms with Gasteiger partial charge in [0.15, 0.2) is 6.10 Å². The minimum Gasteiger partial charge on any atom is -0.481 e. The van der Waals surface area contributed by atoms with Gasteiger partial charge in [0.05, 0.1) is 11.1 Å². The first kappa shape index (κ1) is 15.7. The topological polar surface area (TPSA) is 89.7 Å². The van der Waals surface area contributed by atoms with Crippen molar-refractivity contribution in [3.8, 4) is 5.75 Å². The van der Waals surface area contributed by atoms with Crippen LogP contribution in [0.4, 0.5) is 5.69 Å². The van der Waals surface area contributed by atoms with Crippen LogP contribution in [-0.2, 0) is 4.79 Å². The van der Waals surface area contributed by atoms with Gasteiger partial charge >= 0.3 is 0 Å². The summed E-state index contributed by atoms with van der Waals surface area (Å²) in [5.74, 6) is -1.56. The number of nitrogen functional groups attached to an aromatic ring is 1. The van der Waals surface area contributed by atoms with E-state index in [4.69, 9.17) is 10.5 Å². The van der Waals surface area contributed by atoms with Crippen LogP contribution < -0.4 is 10.5 Å². The van der Waals surface area contributed by atoms with Crippen LogP contribution in [0.15, 0.2) is 48.5 Å². The second-order valence-electron chi connectivity index (χ2n) is 5.38. The van der Waals surface area contributed by atoms with Crippen molar-refractivity contribution < 1.29 is 19.1 Å². The number of ether oxygens (including phenoxy) is 1. The van der Waals surface area contributed by atoms with Gasteiger partial charge in [-0.05, 0) is 30.7 Å². The smallest absolute Gasteiger partial charge is 0.277 e. The molecule has 2 N–H and O–H groups in total. The summed E-state index contributed by atoms with van der Waals surface area (Å²) in [7, 11) is 0. The molecule has 0 aliphatic carbocycles. The van der Waals surface area contributed by atoms with Gasteiger partial charge < -0.3 is 10.5 Å². The number of nitrogens with zero attached hydrogens (tertiary/aromatic N) is 1. The van der Waals surface area contributed by atoms with Gasteiger partial charge in [0.25, 0.3) is 17.7 Å². The number of para-hydroxylation sites is 1. The van der Waals surface area contributed by atoms with E-state index in [2.05, 4.69) is 0 Å². The Kier molecular flexibility index (Phi) is 4.04. The quantitative estimate of drug-likeness (QED) is 0.688. The summed E-state index contributed by atoms with van der Waals surface area (Å²) in [4.78, 5) is 38.3. The van der Waals surface area contributed by atoms with E-state index in [1.165, 1.54) is 12.1 Å². The van der Waals surface area contributed by atoms with Crippen molar-refractivity contribution in [1.82, 2.24) is 4.90 Å². The zero-order valence-corrected chi connectivity index (χ0v) is 13.1. The molecule has 0 spiro atoms. The van der Waals surface area contributed by atoms with Crippen LogP contribution in [0.25, 0.3) is 0 Å². The van der Waals surface area contributed by atoms with Crippen LogP contribution in [0, 0.1) is 0 Å². The van der Waals surface area contributed by atoms with Gasteiger partial charge in [0.1, 0.15) is 5.75 Å². The largest absolute Gasteiger partial charge is 0.481 e. The standard InChI is InChI=1S/C18H16N2O4/c1-2-14(24-11-7-4-3-5-8-11)17(22)20-16(21)12-9-6-10-13(19)15(12)18(20)23/h3-10,14H,2,19H2,1H3/t14-/m0/s1. The van der Waals surface area contributed by atoms with Crippen LogP contribution in [0.2, 0.25) is 0 Å². The third kappa shape index (κ3) is 2.52. The fraction of sp³-hybridized carbons (Fsp3) is 0.167. The molecule has 0 saturated heterocycles. The maximum atomic E-state index is 12.7. The normalized spacial score (nSPS) is 14.5. The molecule has 0 aromatic heterocycles. The highest BCUT2D eigenvalue weighted by Gasteiger charge is 2.43. The minimum absolute atomic E-state index is 0.0745. The third-order valence-electron chi connectivity index (χ3n) is 3.84. The summed E-state index contributed by atoms with van der Waals surface area (Å²) < 4.78 is 5.64. The van der Waals surface area contributed by atoms with Crippen molar-refractivity contribution >= 4 is 23.4 Å². The predicted molar refractivity (Wildman–Crippen MR) is 87.5 cm³/mol. The maximum absolute atomic E-state index is 12.7. The summed E-state index contributed by atoms with van der Waals surface area (Å²) in [5.41, 5.74) is 6.17. The molecule has 1 heterocycles. The molecule has 24 heavy (non-hydrogen) atoms. The zero-order valence-electron chi connectivity index (χ0n) is 13.1. The van der Waals surface area contributed by atoms with E-state index in [1.807, 2.05) is 6.07 Å². The number of rotatable bonds is 4. The van der Waals surface area contributed by atoms with Crippen LogP contribution in [0.5, 0.6) is 5.75 Å². The number of fused-ring (bicyclic) bond motifs is 1. The zero-order chi connectivity index (χ0) is 17.3. The fourth-order valence-electron chi connectivity index (χ4n) is 2.63. The Morgan fingerprint density at radius 1 is 1.08 bits per heavy atom. The Morgan fingerprint density at radius 3 is 2.42 bits per heavy atom. The predicted octanol–water partition coefficient (Wildman–Crippen LogP) is 2.25. The molecule has 3 rings (SSSR count). The van der Waals surface area contributed by atoms with Gasteiger partial charge in [-0.2, -0.15) is 0 Å². The summed E-state index contributed by atoms with van der Waals surface area (Å²) in [6.45, 7) is 1.75. The molecule has 0 saturated carbocycles. The van der Waals surface area contributed by atoms with Crippen LogP contribution in [0.3, 0.4) is 0 Å². The molecule has 0 radical (unpaired) electrons. The van der Waals surface area contributed by atoms with Crippen molar-refractivity contribution in [3.63, 3.8) is 0 Å². The number of anilines is 1. The monoisotopic (exact) mass is 324 g/mol. The number of benzene rings is 2. The molecular weight excluding hydrogens is 308 g/mol. The molecule has 122 valence electrons. The lowest BCUT2D eigenvalue weighted by Crippen LogP contribution is -2.44. The SMILES string of the molecule is CC[C@H](Oc1ccccc1)C(=O)N1C(=O)c2cccc(N)c2C1=O. The Hall–Kier alpha value is -3.15. The van der Waals surface area contributed by atoms with Gasteiger partial charge in [0.2, 0.25) is 0 Å². The number of amides is 3. The van der Waals surface area contributed by atoms with Crippen molar-refractivity contribution in [2.24, 2.45) is 0 Å². The van der Waals surface area contributed by atoms with E-state index in [-0.39, 0.29) is 16.8 Å². The lowest BCUT2D eigenvalue weighted by Gasteiger charge is -2.20. The van der Waals surface area contributed by atoms with Gasteiger partial charge in [-0.3, -0.25) is 14.4 Å². The summed E-state index contributed by atoms with van der Waals surface area (Å²) in [6, 6.07) is 13.4. The second-order valence-corrected chi connectivity index (χ2v) is 5.38. The molecule has 0 unspecified atom stereocenters. The maximum Gasteiger partial charge on any atom is 0.277 e. The van der Waals surface area contributed by atoms with E-state index in [9.17, 15) is 14.4 Å². The van der Waals surface area contributed by atoms with Crippen molar-refractivity contribution in [2.45, 2.75) is 19.4 Å². The third-order valence-corrected chi connectivity index (χ3v) is 3.84. The lowest BCUT2D eigenvalue weighted by molar-refractivity contribution is -0.133. The van der Waals surface area contributed by atoms with Gasteiger partial charge in [-0.1, -0.05) is 31.2 Å². The van der Waals surface area contributed by atoms with Crippen LogP contribution in [-0.4, -0.2) is 28.7 Å². The first-order valence-electron chi connectivity index (χ1n) is 7.57.